The van der Waals surface area contributed by atoms with Crippen LogP contribution >= 0.6 is 0 Å². The first kappa shape index (κ1) is 12.9. The van der Waals surface area contributed by atoms with E-state index in [2.05, 4.69) is 5.32 Å². The molecule has 1 unspecified atom stereocenters. The molecule has 0 aliphatic heterocycles. The lowest BCUT2D eigenvalue weighted by Gasteiger charge is -2.28. The zero-order valence-corrected chi connectivity index (χ0v) is 8.83. The number of carboxylic acids is 1. The number of amides is 1. The zero-order chi connectivity index (χ0) is 11.4. The van der Waals surface area contributed by atoms with Crippen LogP contribution in [0.4, 0.5) is 0 Å². The third-order valence-electron chi connectivity index (χ3n) is 1.73. The molecular formula is C9H18N2O3. The Morgan fingerprint density at radius 1 is 1.50 bits per heavy atom. The second kappa shape index (κ2) is 4.95. The van der Waals surface area contributed by atoms with E-state index in [0.717, 1.165) is 0 Å². The van der Waals surface area contributed by atoms with E-state index >= 15 is 0 Å². The first-order chi connectivity index (χ1) is 6.23. The van der Waals surface area contributed by atoms with Crippen molar-refractivity contribution in [2.24, 2.45) is 5.73 Å². The van der Waals surface area contributed by atoms with Gasteiger partial charge in [0.15, 0.2) is 0 Å². The number of nitrogens with two attached hydrogens (primary N) is 1. The fourth-order valence-corrected chi connectivity index (χ4v) is 1.47. The fourth-order valence-electron chi connectivity index (χ4n) is 1.47. The van der Waals surface area contributed by atoms with Gasteiger partial charge in [0.05, 0.1) is 6.42 Å². The molecule has 1 amide bonds. The monoisotopic (exact) mass is 202 g/mol. The molecule has 0 aliphatic carbocycles. The van der Waals surface area contributed by atoms with Gasteiger partial charge in [-0.15, -0.1) is 0 Å². The van der Waals surface area contributed by atoms with E-state index in [4.69, 9.17) is 10.8 Å². The number of aliphatic carboxylic acids is 1. The van der Waals surface area contributed by atoms with E-state index < -0.39 is 17.4 Å². The molecule has 0 radical (unpaired) electrons. The van der Waals surface area contributed by atoms with E-state index in [9.17, 15) is 9.59 Å². The van der Waals surface area contributed by atoms with E-state index in [0.29, 0.717) is 0 Å². The summed E-state index contributed by atoms with van der Waals surface area (Å²) in [4.78, 5) is 21.1. The standard InChI is InChI=1S/C9H18N2O3/c1-6(4-8(13)14)11-9(2,3)5-7(10)12/h6,11H,4-5H2,1-3H3,(H2,10,12)(H,13,14). The number of hydrogen-bond donors (Lipinski definition) is 3. The molecule has 0 spiro atoms. The summed E-state index contributed by atoms with van der Waals surface area (Å²) in [5.74, 6) is -1.26. The minimum absolute atomic E-state index is 0.0300. The second-order valence-corrected chi connectivity index (χ2v) is 4.17. The molecule has 1 atom stereocenters. The quantitative estimate of drug-likeness (QED) is 0.569. The van der Waals surface area contributed by atoms with Crippen LogP contribution in [0, 0.1) is 0 Å². The smallest absolute Gasteiger partial charge is 0.304 e. The van der Waals surface area contributed by atoms with Gasteiger partial charge in [-0.1, -0.05) is 0 Å². The molecule has 5 nitrogen and oxygen atoms in total. The minimum atomic E-state index is -0.861. The number of carbonyl (C=O) groups excluding carboxylic acids is 1. The summed E-state index contributed by atoms with van der Waals surface area (Å²) < 4.78 is 0. The third-order valence-corrected chi connectivity index (χ3v) is 1.73. The Bertz CT molecular complexity index is 226. The normalized spacial score (nSPS) is 13.6. The molecule has 82 valence electrons. The third kappa shape index (κ3) is 6.42. The van der Waals surface area contributed by atoms with Crippen molar-refractivity contribution >= 4 is 11.9 Å². The van der Waals surface area contributed by atoms with Crippen LogP contribution in [0.2, 0.25) is 0 Å². The summed E-state index contributed by atoms with van der Waals surface area (Å²) in [6.45, 7) is 5.39. The van der Waals surface area contributed by atoms with Crippen molar-refractivity contribution in [1.29, 1.82) is 0 Å². The van der Waals surface area contributed by atoms with Crippen molar-refractivity contribution in [2.75, 3.05) is 0 Å². The summed E-state index contributed by atoms with van der Waals surface area (Å²) in [5.41, 5.74) is 4.60. The second-order valence-electron chi connectivity index (χ2n) is 4.17. The maximum atomic E-state index is 10.7. The first-order valence-corrected chi connectivity index (χ1v) is 4.51. The Hall–Kier alpha value is -1.10. The number of carbonyl (C=O) groups is 2. The lowest BCUT2D eigenvalue weighted by Crippen LogP contribution is -2.47. The molecule has 5 heteroatoms. The maximum Gasteiger partial charge on any atom is 0.304 e. The average Bonchev–Trinajstić information content (AvgIpc) is 1.77. The molecule has 0 aromatic heterocycles. The van der Waals surface area contributed by atoms with Crippen LogP contribution in [0.15, 0.2) is 0 Å². The molecular weight excluding hydrogens is 184 g/mol. The van der Waals surface area contributed by atoms with Gasteiger partial charge in [-0.05, 0) is 20.8 Å². The Labute approximate surface area is 83.7 Å². The van der Waals surface area contributed by atoms with Crippen LogP contribution in [-0.2, 0) is 9.59 Å². The van der Waals surface area contributed by atoms with Crippen molar-refractivity contribution in [2.45, 2.75) is 45.2 Å². The summed E-state index contributed by atoms with van der Waals surface area (Å²) in [6.07, 6.45) is 0.221. The molecule has 0 saturated carbocycles. The van der Waals surface area contributed by atoms with Crippen molar-refractivity contribution in [3.05, 3.63) is 0 Å². The van der Waals surface area contributed by atoms with Gasteiger partial charge in [-0.3, -0.25) is 9.59 Å². The van der Waals surface area contributed by atoms with E-state index in [-0.39, 0.29) is 18.9 Å². The summed E-state index contributed by atoms with van der Waals surface area (Å²) in [7, 11) is 0. The highest BCUT2D eigenvalue weighted by molar-refractivity contribution is 5.75. The number of hydrogen-bond acceptors (Lipinski definition) is 3. The highest BCUT2D eigenvalue weighted by atomic mass is 16.4. The topological polar surface area (TPSA) is 92.4 Å². The van der Waals surface area contributed by atoms with Crippen molar-refractivity contribution < 1.29 is 14.7 Å². The lowest BCUT2D eigenvalue weighted by molar-refractivity contribution is -0.137. The summed E-state index contributed by atoms with van der Waals surface area (Å²) in [6, 6.07) is -0.179. The molecule has 0 aliphatic rings. The van der Waals surface area contributed by atoms with Gasteiger partial charge in [0.2, 0.25) is 5.91 Å². The van der Waals surface area contributed by atoms with Gasteiger partial charge in [0.25, 0.3) is 0 Å². The number of rotatable bonds is 6. The SMILES string of the molecule is CC(CC(=O)O)NC(C)(C)CC(N)=O. The van der Waals surface area contributed by atoms with Crippen molar-refractivity contribution in [3.63, 3.8) is 0 Å². The molecule has 0 bridgehead atoms. The predicted molar refractivity (Wildman–Crippen MR) is 52.7 cm³/mol. The van der Waals surface area contributed by atoms with E-state index in [1.54, 1.807) is 6.92 Å². The van der Waals surface area contributed by atoms with Gasteiger partial charge in [0, 0.05) is 18.0 Å². The van der Waals surface area contributed by atoms with Crippen LogP contribution < -0.4 is 11.1 Å². The fraction of sp³-hybridized carbons (Fsp3) is 0.778. The number of primary amides is 1. The first-order valence-electron chi connectivity index (χ1n) is 4.51. The Morgan fingerprint density at radius 3 is 2.36 bits per heavy atom. The van der Waals surface area contributed by atoms with Crippen LogP contribution in [-0.4, -0.2) is 28.6 Å². The molecule has 0 fully saturated rings. The van der Waals surface area contributed by atoms with Gasteiger partial charge >= 0.3 is 5.97 Å². The maximum absolute atomic E-state index is 10.7. The number of carboxylic acid groups (broad SMARTS) is 1. The van der Waals surface area contributed by atoms with E-state index in [1.165, 1.54) is 0 Å². The van der Waals surface area contributed by atoms with Gasteiger partial charge < -0.3 is 16.2 Å². The molecule has 0 aromatic rings. The van der Waals surface area contributed by atoms with Crippen molar-refractivity contribution in [1.82, 2.24) is 5.32 Å². The molecule has 0 heterocycles. The highest BCUT2D eigenvalue weighted by Gasteiger charge is 2.23. The van der Waals surface area contributed by atoms with Crippen LogP contribution in [0.25, 0.3) is 0 Å². The van der Waals surface area contributed by atoms with Crippen LogP contribution in [0.5, 0.6) is 0 Å². The summed E-state index contributed by atoms with van der Waals surface area (Å²) >= 11 is 0. The van der Waals surface area contributed by atoms with Crippen molar-refractivity contribution in [3.8, 4) is 0 Å². The van der Waals surface area contributed by atoms with Crippen LogP contribution in [0.3, 0.4) is 0 Å². The summed E-state index contributed by atoms with van der Waals surface area (Å²) in [5, 5.41) is 11.6. The minimum Gasteiger partial charge on any atom is -0.481 e. The Kier molecular flexibility index (Phi) is 4.56. The zero-order valence-electron chi connectivity index (χ0n) is 8.83. The predicted octanol–water partition coefficient (Wildman–Crippen LogP) is 0.0932. The van der Waals surface area contributed by atoms with Gasteiger partial charge in [0.1, 0.15) is 0 Å². The molecule has 0 rings (SSSR count). The average molecular weight is 202 g/mol. The molecule has 14 heavy (non-hydrogen) atoms. The van der Waals surface area contributed by atoms with E-state index in [1.807, 2.05) is 13.8 Å². The van der Waals surface area contributed by atoms with Crippen LogP contribution in [0.1, 0.15) is 33.6 Å². The molecule has 0 saturated heterocycles. The Morgan fingerprint density at radius 2 is 2.00 bits per heavy atom. The lowest BCUT2D eigenvalue weighted by atomic mass is 9.98. The molecule has 4 N–H and O–H groups in total. The largest absolute Gasteiger partial charge is 0.481 e. The highest BCUT2D eigenvalue weighted by Crippen LogP contribution is 2.09. The number of nitrogens with one attached hydrogen (secondary N) is 1. The van der Waals surface area contributed by atoms with Gasteiger partial charge in [-0.2, -0.15) is 0 Å². The van der Waals surface area contributed by atoms with Gasteiger partial charge in [-0.25, -0.2) is 0 Å². The molecule has 0 aromatic carbocycles. The Balaban J connectivity index is 4.07.